The number of alkyl halides is 1. The molecule has 27 heavy (non-hydrogen) atoms. The van der Waals surface area contributed by atoms with Crippen molar-refractivity contribution in [1.82, 2.24) is 9.55 Å². The summed E-state index contributed by atoms with van der Waals surface area (Å²) in [6, 6.07) is 1.04. The molecule has 10 nitrogen and oxygen atoms in total. The third kappa shape index (κ3) is 5.77. The van der Waals surface area contributed by atoms with Crippen LogP contribution >= 0.6 is 6.49 Å². The molecule has 0 spiro atoms. The molecule has 1 aromatic rings. The lowest BCUT2D eigenvalue weighted by Gasteiger charge is -2.23. The molecule has 152 valence electrons. The normalized spacial score (nSPS) is 27.6. The molecule has 1 aromatic heterocycles. The maximum atomic E-state index is 14.9. The largest absolute Gasteiger partial charge is 0.481 e. The molecule has 0 saturated carbocycles. The Labute approximate surface area is 158 Å². The third-order valence-electron chi connectivity index (χ3n) is 3.60. The van der Waals surface area contributed by atoms with Crippen LogP contribution in [0.25, 0.3) is 0 Å². The number of hydrogen-bond donors (Lipinski definition) is 3. The van der Waals surface area contributed by atoms with Crippen LogP contribution in [0.15, 0.2) is 21.9 Å². The van der Waals surface area contributed by atoms with Gasteiger partial charge in [0.2, 0.25) is 0 Å². The molecule has 1 aliphatic rings. The SMILES string of the molecule is CC(C)O[C@@H]1[C@@H](COP(O)(=S)CC(=O)O)OC(n2ccc(=O)[nH]c2=O)[C@@H]1F. The van der Waals surface area contributed by atoms with Crippen LogP contribution in [0.1, 0.15) is 20.1 Å². The van der Waals surface area contributed by atoms with Gasteiger partial charge in [0, 0.05) is 12.3 Å². The second-order valence-electron chi connectivity index (χ2n) is 6.16. The molecule has 13 heteroatoms. The van der Waals surface area contributed by atoms with Gasteiger partial charge in [0.15, 0.2) is 18.9 Å². The third-order valence-corrected chi connectivity index (χ3v) is 5.52. The van der Waals surface area contributed by atoms with Crippen LogP contribution in [-0.2, 0) is 30.6 Å². The Morgan fingerprint density at radius 2 is 2.19 bits per heavy atom. The summed E-state index contributed by atoms with van der Waals surface area (Å²) in [4.78, 5) is 45.7. The first kappa shape index (κ1) is 21.9. The van der Waals surface area contributed by atoms with E-state index in [1.165, 1.54) is 0 Å². The molecule has 5 atom stereocenters. The molecule has 0 aromatic carbocycles. The van der Waals surface area contributed by atoms with Gasteiger partial charge in [-0.15, -0.1) is 0 Å². The summed E-state index contributed by atoms with van der Waals surface area (Å²) in [5, 5.41) is 8.74. The van der Waals surface area contributed by atoms with Gasteiger partial charge in [0.1, 0.15) is 18.4 Å². The average Bonchev–Trinajstić information content (AvgIpc) is 2.80. The lowest BCUT2D eigenvalue weighted by atomic mass is 10.1. The summed E-state index contributed by atoms with van der Waals surface area (Å²) in [5.41, 5.74) is -1.51. The molecule has 0 amide bonds. The van der Waals surface area contributed by atoms with Gasteiger partial charge in [-0.25, -0.2) is 9.18 Å². The van der Waals surface area contributed by atoms with E-state index in [1.807, 2.05) is 4.98 Å². The molecule has 2 unspecified atom stereocenters. The predicted octanol–water partition coefficient (Wildman–Crippen LogP) is -0.0313. The number of nitrogens with zero attached hydrogens (tertiary/aromatic N) is 1. The van der Waals surface area contributed by atoms with Crippen molar-refractivity contribution in [3.63, 3.8) is 0 Å². The second-order valence-corrected chi connectivity index (χ2v) is 9.72. The fraction of sp³-hybridized carbons (Fsp3) is 0.643. The number of aromatic nitrogens is 2. The monoisotopic (exact) mass is 426 g/mol. The number of hydrogen-bond acceptors (Lipinski definition) is 7. The summed E-state index contributed by atoms with van der Waals surface area (Å²) in [6.45, 7) is -0.710. The first-order valence-electron chi connectivity index (χ1n) is 7.95. The standard InChI is InChI=1S/C14H20FN2O8PS/c1-7(2)24-12-8(5-23-26(22,27)6-10(19)20)25-13(11(12)15)17-4-3-9(18)16-14(17)21/h3-4,7-8,11-13H,5-6H2,1-2H3,(H,19,20)(H,22,27)(H,16,18,21)/t8-,11-,12-,13?,26?/m1/s1. The van der Waals surface area contributed by atoms with Gasteiger partial charge >= 0.3 is 11.7 Å². The Morgan fingerprint density at radius 3 is 2.74 bits per heavy atom. The minimum Gasteiger partial charge on any atom is -0.481 e. The Morgan fingerprint density at radius 1 is 1.52 bits per heavy atom. The van der Waals surface area contributed by atoms with Crippen molar-refractivity contribution in [3.05, 3.63) is 33.1 Å². The molecule has 0 aliphatic carbocycles. The van der Waals surface area contributed by atoms with Crippen molar-refractivity contribution in [2.24, 2.45) is 0 Å². The zero-order valence-electron chi connectivity index (χ0n) is 14.5. The number of H-pyrrole nitrogens is 1. The number of carboxylic acid groups (broad SMARTS) is 1. The van der Waals surface area contributed by atoms with Crippen molar-refractivity contribution in [2.75, 3.05) is 12.8 Å². The van der Waals surface area contributed by atoms with Crippen LogP contribution in [0.2, 0.25) is 0 Å². The van der Waals surface area contributed by atoms with E-state index in [0.717, 1.165) is 16.8 Å². The van der Waals surface area contributed by atoms with Crippen molar-refractivity contribution >= 4 is 24.3 Å². The fourth-order valence-corrected chi connectivity index (χ4v) is 3.89. The van der Waals surface area contributed by atoms with Crippen molar-refractivity contribution in [3.8, 4) is 0 Å². The Hall–Kier alpha value is -1.43. The molecule has 2 rings (SSSR count). The molecule has 2 heterocycles. The Bertz CT molecular complexity index is 843. The molecular weight excluding hydrogens is 406 g/mol. The van der Waals surface area contributed by atoms with Crippen LogP contribution in [-0.4, -0.2) is 62.8 Å². The van der Waals surface area contributed by atoms with E-state index in [9.17, 15) is 23.7 Å². The zero-order valence-corrected chi connectivity index (χ0v) is 16.2. The summed E-state index contributed by atoms with van der Waals surface area (Å²) < 4.78 is 31.9. The molecule has 1 aliphatic heterocycles. The number of aliphatic carboxylic acids is 1. The van der Waals surface area contributed by atoms with Crippen molar-refractivity contribution in [1.29, 1.82) is 0 Å². The van der Waals surface area contributed by atoms with Crippen molar-refractivity contribution < 1.29 is 33.2 Å². The summed E-state index contributed by atoms with van der Waals surface area (Å²) in [6.07, 6.45) is -5.46. The van der Waals surface area contributed by atoms with Gasteiger partial charge < -0.3 is 24.0 Å². The van der Waals surface area contributed by atoms with Crippen LogP contribution in [0.3, 0.4) is 0 Å². The number of carboxylic acids is 1. The first-order valence-corrected chi connectivity index (χ1v) is 10.8. The van der Waals surface area contributed by atoms with Crippen LogP contribution in [0.5, 0.6) is 0 Å². The minimum absolute atomic E-state index is 0.387. The summed E-state index contributed by atoms with van der Waals surface area (Å²) >= 11 is 4.75. The van der Waals surface area contributed by atoms with E-state index in [2.05, 4.69) is 0 Å². The fourth-order valence-electron chi connectivity index (χ4n) is 2.56. The number of carbonyl (C=O) groups is 1. The van der Waals surface area contributed by atoms with E-state index in [0.29, 0.717) is 0 Å². The number of aromatic amines is 1. The van der Waals surface area contributed by atoms with Crippen LogP contribution < -0.4 is 11.2 Å². The van der Waals surface area contributed by atoms with E-state index >= 15 is 0 Å². The quantitative estimate of drug-likeness (QED) is 0.489. The van der Waals surface area contributed by atoms with E-state index in [-0.39, 0.29) is 6.10 Å². The zero-order chi connectivity index (χ0) is 20.4. The van der Waals surface area contributed by atoms with Gasteiger partial charge in [0.25, 0.3) is 5.56 Å². The summed E-state index contributed by atoms with van der Waals surface area (Å²) in [5.74, 6) is -1.33. The number of nitrogens with one attached hydrogen (secondary N) is 1. The number of ether oxygens (including phenoxy) is 2. The number of rotatable bonds is 8. The van der Waals surface area contributed by atoms with Gasteiger partial charge in [0.05, 0.1) is 12.7 Å². The molecular formula is C14H20FN2O8PS. The molecule has 1 saturated heterocycles. The lowest BCUT2D eigenvalue weighted by molar-refractivity contribution is -0.134. The molecule has 0 bridgehead atoms. The maximum absolute atomic E-state index is 14.9. The predicted molar refractivity (Wildman–Crippen MR) is 95.1 cm³/mol. The first-order chi connectivity index (χ1) is 12.5. The highest BCUT2D eigenvalue weighted by Gasteiger charge is 2.48. The van der Waals surface area contributed by atoms with Gasteiger partial charge in [-0.3, -0.25) is 19.1 Å². The minimum atomic E-state index is -3.63. The highest BCUT2D eigenvalue weighted by atomic mass is 32.5. The van der Waals surface area contributed by atoms with Gasteiger partial charge in [-0.2, -0.15) is 0 Å². The topological polar surface area (TPSA) is 140 Å². The maximum Gasteiger partial charge on any atom is 0.330 e. The average molecular weight is 426 g/mol. The smallest absolute Gasteiger partial charge is 0.330 e. The lowest BCUT2D eigenvalue weighted by Crippen LogP contribution is -2.38. The van der Waals surface area contributed by atoms with E-state index in [4.69, 9.17) is 30.9 Å². The van der Waals surface area contributed by atoms with Crippen molar-refractivity contribution in [2.45, 2.75) is 44.6 Å². The summed E-state index contributed by atoms with van der Waals surface area (Å²) in [7, 11) is 0. The Balaban J connectivity index is 2.22. The highest BCUT2D eigenvalue weighted by Crippen LogP contribution is 2.43. The molecule has 0 radical (unpaired) electrons. The Kier molecular flexibility index (Phi) is 7.06. The van der Waals surface area contributed by atoms with E-state index in [1.54, 1.807) is 13.8 Å². The molecule has 3 N–H and O–H groups in total. The highest BCUT2D eigenvalue weighted by molar-refractivity contribution is 8.09. The van der Waals surface area contributed by atoms with Crippen LogP contribution in [0, 0.1) is 0 Å². The van der Waals surface area contributed by atoms with Gasteiger partial charge in [-0.05, 0) is 25.7 Å². The van der Waals surface area contributed by atoms with Crippen LogP contribution in [0.4, 0.5) is 4.39 Å². The molecule has 1 fully saturated rings. The van der Waals surface area contributed by atoms with Gasteiger partial charge in [-0.1, -0.05) is 0 Å². The number of halogens is 1. The second kappa shape index (κ2) is 8.72. The van der Waals surface area contributed by atoms with E-state index < -0.39 is 61.1 Å².